The molecule has 0 atom stereocenters. The molecular weight excluding hydrogens is 138 g/mol. The Hall–Kier alpha value is 0.592. The fourth-order valence-corrected chi connectivity index (χ4v) is 2.76. The van der Waals surface area contributed by atoms with Gasteiger partial charge in [-0.05, 0) is 0 Å². The minimum Gasteiger partial charge on any atom is -0.421 e. The van der Waals surface area contributed by atoms with Crippen LogP contribution in [0.5, 0.6) is 0 Å². The zero-order valence-electron chi connectivity index (χ0n) is 5.26. The van der Waals surface area contributed by atoms with Crippen molar-refractivity contribution in [2.24, 2.45) is 0 Å². The summed E-state index contributed by atoms with van der Waals surface area (Å²) in [4.78, 5) is 0. The summed E-state index contributed by atoms with van der Waals surface area (Å²) in [6.45, 7) is 4.15. The van der Waals surface area contributed by atoms with E-state index in [1.54, 1.807) is 0 Å². The Morgan fingerprint density at radius 1 is 1.50 bits per heavy atom. The number of rotatable bonds is 4. The Balaban J connectivity index is 3.20. The highest BCUT2D eigenvalue weighted by molar-refractivity contribution is 7.19. The van der Waals surface area contributed by atoms with Gasteiger partial charge in [-0.3, -0.25) is 0 Å². The zero-order valence-corrected chi connectivity index (χ0v) is 7.30. The molecule has 0 saturated heterocycles. The van der Waals surface area contributed by atoms with Crippen molar-refractivity contribution < 1.29 is 8.14 Å². The third-order valence-corrected chi connectivity index (χ3v) is 4.46. The van der Waals surface area contributed by atoms with Crippen LogP contribution >= 0.6 is 8.69 Å². The van der Waals surface area contributed by atoms with Gasteiger partial charge in [0.05, 0.1) is 0 Å². The van der Waals surface area contributed by atoms with Crippen LogP contribution in [0.2, 0.25) is 10.6 Å². The van der Waals surface area contributed by atoms with Crippen LogP contribution in [0.1, 0.15) is 13.8 Å². The molecule has 0 aliphatic carbocycles. The molecule has 0 aromatic carbocycles. The van der Waals surface area contributed by atoms with Crippen LogP contribution in [0, 0.1) is 0 Å². The van der Waals surface area contributed by atoms with Gasteiger partial charge in [-0.1, -0.05) is 24.4 Å². The van der Waals surface area contributed by atoms with Crippen molar-refractivity contribution in [3.05, 3.63) is 0 Å². The van der Waals surface area contributed by atoms with Gasteiger partial charge >= 0.3 is 14.5 Å². The first-order valence-corrected chi connectivity index (χ1v) is 5.67. The van der Waals surface area contributed by atoms with Crippen molar-refractivity contribution in [1.82, 2.24) is 0 Å². The molecule has 0 aliphatic heterocycles. The third kappa shape index (κ3) is 3.58. The Kier molecular flexibility index (Phi) is 6.15. The highest BCUT2D eigenvalue weighted by Gasteiger charge is 2.14. The molecule has 0 saturated carbocycles. The first-order valence-electron chi connectivity index (χ1n) is 2.83. The predicted molar refractivity (Wildman–Crippen MR) is 35.4 cm³/mol. The van der Waals surface area contributed by atoms with Crippen LogP contribution in [-0.4, -0.2) is 14.5 Å². The Bertz CT molecular complexity index is 65.1. The van der Waals surface area contributed by atoms with Crippen molar-refractivity contribution in [2.75, 3.05) is 0 Å². The molecule has 0 aromatic heterocycles. The van der Waals surface area contributed by atoms with E-state index in [0.29, 0.717) is 0 Å². The molecule has 0 rings (SSSR count). The molecule has 46 valence electrons. The minimum atomic E-state index is -1.02. The molecule has 0 fully saturated rings. The average molecular weight is 148 g/mol. The number of hydrogen-bond acceptors (Lipinski definition) is 2. The summed E-state index contributed by atoms with van der Waals surface area (Å²) in [5, 5.41) is 2.15. The summed E-state index contributed by atoms with van der Waals surface area (Å²) in [6, 6.07) is 0. The molecule has 0 heterocycles. The first kappa shape index (κ1) is 8.59. The van der Waals surface area contributed by atoms with Gasteiger partial charge in [-0.15, -0.1) is 0 Å². The van der Waals surface area contributed by atoms with Crippen LogP contribution < -0.4 is 0 Å². The van der Waals surface area contributed by atoms with Gasteiger partial charge in [0.15, 0.2) is 0 Å². The maximum atomic E-state index is 9.84. The minimum absolute atomic E-state index is 0.133. The molecule has 0 radical (unpaired) electrons. The molecule has 0 bridgehead atoms. The van der Waals surface area contributed by atoms with Gasteiger partial charge in [0.25, 0.3) is 8.69 Å². The van der Waals surface area contributed by atoms with E-state index >= 15 is 0 Å². The summed E-state index contributed by atoms with van der Waals surface area (Å²) in [7, 11) is -0.133. The Morgan fingerprint density at radius 2 is 2.00 bits per heavy atom. The van der Waals surface area contributed by atoms with Gasteiger partial charge in [0.1, 0.15) is 0 Å². The summed E-state index contributed by atoms with van der Waals surface area (Å²) >= 11 is -1.02. The summed E-state index contributed by atoms with van der Waals surface area (Å²) in [6.07, 6.45) is 0. The van der Waals surface area contributed by atoms with Crippen LogP contribution in [0.15, 0.2) is 0 Å². The third-order valence-electron chi connectivity index (χ3n) is 1.10. The predicted octanol–water partition coefficient (Wildman–Crippen LogP) is 2.24. The first-order chi connectivity index (χ1) is 3.85. The molecule has 0 unspecified atom stereocenters. The lowest BCUT2D eigenvalue weighted by Gasteiger charge is -1.96. The van der Waals surface area contributed by atoms with Crippen molar-refractivity contribution in [3.8, 4) is 0 Å². The smallest absolute Gasteiger partial charge is 0.421 e. The number of hydrogen-bond donors (Lipinski definition) is 0. The van der Waals surface area contributed by atoms with Crippen LogP contribution in [-0.2, 0) is 8.14 Å². The van der Waals surface area contributed by atoms with E-state index in [2.05, 4.69) is 13.8 Å². The van der Waals surface area contributed by atoms with Gasteiger partial charge in [-0.25, -0.2) is 4.57 Å². The second kappa shape index (κ2) is 5.72. The summed E-state index contributed by atoms with van der Waals surface area (Å²) in [5.74, 6) is 0. The summed E-state index contributed by atoms with van der Waals surface area (Å²) < 4.78 is 14.7. The van der Waals surface area contributed by atoms with Crippen LogP contribution in [0.3, 0.4) is 0 Å². The Morgan fingerprint density at radius 3 is 2.12 bits per heavy atom. The molecule has 0 N–H and O–H groups in total. The van der Waals surface area contributed by atoms with Gasteiger partial charge < -0.3 is 3.58 Å². The van der Waals surface area contributed by atoms with E-state index < -0.39 is 14.5 Å². The largest absolute Gasteiger partial charge is 0.475 e. The van der Waals surface area contributed by atoms with Crippen molar-refractivity contribution in [2.45, 2.75) is 24.4 Å². The normalized spacial score (nSPS) is 9.75. The monoisotopic (exact) mass is 148 g/mol. The lowest BCUT2D eigenvalue weighted by atomic mass is 10.9. The second-order valence-corrected chi connectivity index (χ2v) is 5.49. The van der Waals surface area contributed by atoms with E-state index in [9.17, 15) is 4.57 Å². The van der Waals surface area contributed by atoms with Crippen molar-refractivity contribution in [1.29, 1.82) is 0 Å². The molecule has 0 spiro atoms. The fourth-order valence-electron chi connectivity index (χ4n) is 0.499. The van der Waals surface area contributed by atoms with Gasteiger partial charge in [-0.2, -0.15) is 0 Å². The van der Waals surface area contributed by atoms with E-state index in [0.717, 1.165) is 10.6 Å². The lowest BCUT2D eigenvalue weighted by Crippen LogP contribution is -2.08. The van der Waals surface area contributed by atoms with Crippen LogP contribution in [0.25, 0.3) is 0 Å². The van der Waals surface area contributed by atoms with Gasteiger partial charge in [0, 0.05) is 0 Å². The van der Waals surface area contributed by atoms with E-state index in [1.807, 2.05) is 0 Å². The quantitative estimate of drug-likeness (QED) is 0.451. The summed E-state index contributed by atoms with van der Waals surface area (Å²) in [5.41, 5.74) is 0. The van der Waals surface area contributed by atoms with Crippen molar-refractivity contribution in [3.63, 3.8) is 0 Å². The van der Waals surface area contributed by atoms with Gasteiger partial charge in [0.2, 0.25) is 0 Å². The molecular formula is C4H10AlO2P. The molecule has 8 heavy (non-hydrogen) atoms. The maximum absolute atomic E-state index is 9.84. The van der Waals surface area contributed by atoms with E-state index in [1.165, 1.54) is 0 Å². The molecule has 0 aromatic rings. The van der Waals surface area contributed by atoms with Crippen LogP contribution in [0.4, 0.5) is 0 Å². The average Bonchev–Trinajstić information content (AvgIpc) is 1.83. The van der Waals surface area contributed by atoms with E-state index in [4.69, 9.17) is 3.58 Å². The Labute approximate surface area is 56.2 Å². The standard InChI is InChI=1S/2C2H5.Al.HO2P/c2*1-2;;1-3-2/h2*1H2,2H3;;(H,1,2)/q;;+1;/p-1. The molecule has 0 amide bonds. The second-order valence-electron chi connectivity index (χ2n) is 1.62. The zero-order chi connectivity index (χ0) is 6.41. The molecule has 0 aliphatic rings. The molecule has 2 nitrogen and oxygen atoms in total. The van der Waals surface area contributed by atoms with E-state index in [-0.39, 0.29) is 8.69 Å². The molecule has 4 heteroatoms. The highest BCUT2D eigenvalue weighted by atomic mass is 31.1. The topological polar surface area (TPSA) is 26.3 Å². The lowest BCUT2D eigenvalue weighted by molar-refractivity contribution is 0.529. The SMILES string of the molecule is C[CH2][Al]([CH2]C)[O]P=O. The fraction of sp³-hybridized carbons (Fsp3) is 1.00. The van der Waals surface area contributed by atoms with Crippen molar-refractivity contribution >= 4 is 23.2 Å². The maximum Gasteiger partial charge on any atom is 0.475 e. The highest BCUT2D eigenvalue weighted by Crippen LogP contribution is 2.06.